The predicted molar refractivity (Wildman–Crippen MR) is 238 cm³/mol. The Bertz CT molecular complexity index is 2320. The summed E-state index contributed by atoms with van der Waals surface area (Å²) in [5.74, 6) is -1.88. The van der Waals surface area contributed by atoms with Crippen LogP contribution in [0.5, 0.6) is 5.75 Å². The summed E-state index contributed by atoms with van der Waals surface area (Å²) < 4.78 is 14.0. The molecule has 0 saturated carbocycles. The van der Waals surface area contributed by atoms with Crippen molar-refractivity contribution in [2.24, 2.45) is 17.8 Å². The Labute approximate surface area is 356 Å². The molecule has 5 aromatic rings. The van der Waals surface area contributed by atoms with Gasteiger partial charge >= 0.3 is 7.12 Å². The summed E-state index contributed by atoms with van der Waals surface area (Å²) in [5.41, 5.74) is 4.31. The number of carbonyl (C=O) groups excluding carboxylic acids is 2. The molecular weight excluding hydrogens is 795 g/mol. The minimum atomic E-state index is -3.01. The second-order valence-corrected chi connectivity index (χ2v) is 22.5. The Morgan fingerprint density at radius 2 is 1.68 bits per heavy atom. The van der Waals surface area contributed by atoms with E-state index in [9.17, 15) is 19.7 Å². The molecule has 0 unspecified atom stereocenters. The largest absolute Gasteiger partial charge is 0.508 e. The van der Waals surface area contributed by atoms with Gasteiger partial charge in [-0.25, -0.2) is 0 Å². The highest BCUT2D eigenvalue weighted by Gasteiger charge is 2.58. The van der Waals surface area contributed by atoms with Gasteiger partial charge < -0.3 is 19.2 Å². The van der Waals surface area contributed by atoms with Gasteiger partial charge in [0.05, 0.1) is 41.8 Å². The Hall–Kier alpha value is -4.62. The molecule has 12 heteroatoms. The number of allylic oxidation sites excluding steroid dienone is 1. The number of phenolic OH excluding ortho intramolecular Hbond substituents is 1. The lowest BCUT2D eigenvalue weighted by Gasteiger charge is -2.46. The van der Waals surface area contributed by atoms with Gasteiger partial charge in [-0.2, -0.15) is 0 Å². The number of carbonyl (C=O) groups is 2. The average molecular weight is 843 g/mol. The van der Waals surface area contributed by atoms with Crippen LogP contribution in [0.25, 0.3) is 11.6 Å². The molecule has 2 saturated heterocycles. The molecule has 2 N–H and O–H groups in total. The van der Waals surface area contributed by atoms with Crippen molar-refractivity contribution in [2.75, 3.05) is 6.61 Å². The standard InChI is InChI=1S/C47H48BClN2O6SSi/c1-47(2,3)59(36-14-6-4-7-15-36,37-16-8-5-9-17-37)56-30-33-26-38-44(46(54)51(45(38)53)29-35-13-12-24-58-35)39-28-48(55)57-42(43(33)39)22-20-32(41-18-10-11-23-50-41)25-31-19-21-34(52)27-40(31)49/h4-19,21,23-25,27,38-39,42,44,52,55H,20,22,26,28-30H2,1-3H3/b32-25-/t38-,39+,42-,44-/m1/s1. The molecule has 2 aromatic heterocycles. The van der Waals surface area contributed by atoms with Gasteiger partial charge in [0.25, 0.3) is 8.32 Å². The van der Waals surface area contributed by atoms with Crippen molar-refractivity contribution in [3.8, 4) is 5.75 Å². The maximum Gasteiger partial charge on any atom is 0.455 e. The fourth-order valence-electron chi connectivity index (χ4n) is 9.57. The molecule has 59 heavy (non-hydrogen) atoms. The van der Waals surface area contributed by atoms with Gasteiger partial charge in [-0.3, -0.25) is 19.5 Å². The van der Waals surface area contributed by atoms with E-state index in [0.29, 0.717) is 24.3 Å². The van der Waals surface area contributed by atoms with E-state index in [4.69, 9.17) is 20.7 Å². The first kappa shape index (κ1) is 41.1. The summed E-state index contributed by atoms with van der Waals surface area (Å²) in [6.45, 7) is 7.21. The van der Waals surface area contributed by atoms with E-state index in [0.717, 1.165) is 43.2 Å². The number of imide groups is 1. The lowest BCUT2D eigenvalue weighted by atomic mass is 9.58. The summed E-state index contributed by atoms with van der Waals surface area (Å²) in [7, 11) is -4.14. The Morgan fingerprint density at radius 1 is 0.966 bits per heavy atom. The molecule has 8 rings (SSSR count). The summed E-state index contributed by atoms with van der Waals surface area (Å²) >= 11 is 8.13. The number of pyridine rings is 1. The van der Waals surface area contributed by atoms with Gasteiger partial charge in [0.15, 0.2) is 0 Å². The number of phenols is 1. The highest BCUT2D eigenvalue weighted by molar-refractivity contribution is 7.09. The molecule has 0 bridgehead atoms. The zero-order chi connectivity index (χ0) is 41.3. The van der Waals surface area contributed by atoms with Crippen LogP contribution in [0, 0.1) is 17.8 Å². The van der Waals surface area contributed by atoms with Gasteiger partial charge in [0.1, 0.15) is 5.75 Å². The second kappa shape index (κ2) is 17.2. The summed E-state index contributed by atoms with van der Waals surface area (Å²) in [6.07, 6.45) is 4.67. The van der Waals surface area contributed by atoms with Gasteiger partial charge in [0, 0.05) is 11.1 Å². The number of fused-ring (bicyclic) bond motifs is 3. The van der Waals surface area contributed by atoms with Crippen molar-refractivity contribution in [2.45, 2.75) is 64.0 Å². The van der Waals surface area contributed by atoms with Crippen LogP contribution in [0.1, 0.15) is 56.2 Å². The minimum absolute atomic E-state index is 0.0754. The Balaban J connectivity index is 1.21. The van der Waals surface area contributed by atoms with E-state index < -0.39 is 39.3 Å². The number of hydrogen-bond donors (Lipinski definition) is 2. The topological polar surface area (TPSA) is 109 Å². The third kappa shape index (κ3) is 8.16. The number of rotatable bonds is 12. The smallest absolute Gasteiger partial charge is 0.455 e. The zero-order valence-electron chi connectivity index (χ0n) is 33.5. The van der Waals surface area contributed by atoms with Crippen LogP contribution in [0.4, 0.5) is 0 Å². The van der Waals surface area contributed by atoms with Crippen LogP contribution >= 0.6 is 22.9 Å². The fourth-order valence-corrected chi connectivity index (χ4v) is 15.0. The first-order chi connectivity index (χ1) is 28.4. The number of thiophene rings is 1. The molecule has 2 aliphatic heterocycles. The van der Waals surface area contributed by atoms with Crippen LogP contribution < -0.4 is 10.4 Å². The third-order valence-corrected chi connectivity index (χ3v) is 18.3. The first-order valence-electron chi connectivity index (χ1n) is 20.2. The van der Waals surface area contributed by atoms with E-state index in [2.05, 4.69) is 74.3 Å². The van der Waals surface area contributed by atoms with E-state index in [-0.39, 0.29) is 42.1 Å². The van der Waals surface area contributed by atoms with E-state index in [1.165, 1.54) is 22.3 Å². The molecule has 3 aromatic carbocycles. The van der Waals surface area contributed by atoms with Crippen LogP contribution in [-0.4, -0.2) is 60.0 Å². The van der Waals surface area contributed by atoms with Crippen molar-refractivity contribution < 1.29 is 28.8 Å². The van der Waals surface area contributed by atoms with E-state index >= 15 is 0 Å². The van der Waals surface area contributed by atoms with Gasteiger partial charge in [-0.05, 0) is 117 Å². The normalized spacial score (nSPS) is 21.2. The number of aromatic hydroxyl groups is 1. The molecule has 4 heterocycles. The summed E-state index contributed by atoms with van der Waals surface area (Å²) in [5, 5.41) is 25.9. The minimum Gasteiger partial charge on any atom is -0.508 e. The molecule has 302 valence electrons. The molecule has 8 nitrogen and oxygen atoms in total. The lowest BCUT2D eigenvalue weighted by Crippen LogP contribution is -2.66. The SMILES string of the molecule is CC(C)(C)[Si](OCC1=C2[C@@H](CC/C(=C/c3ccc(O)cc3Cl)c3ccccn3)OB(O)C[C@@H]2[C@@H]2C(=O)N(Cc3cccs3)C(=O)[C@@H]2C1)(c1ccccc1)c1ccccc1. The zero-order valence-corrected chi connectivity index (χ0v) is 36.0. The van der Waals surface area contributed by atoms with Gasteiger partial charge in [0.2, 0.25) is 11.8 Å². The quantitative estimate of drug-likeness (QED) is 0.0738. The van der Waals surface area contributed by atoms with Crippen molar-refractivity contribution in [1.29, 1.82) is 0 Å². The number of amides is 2. The molecule has 1 aliphatic carbocycles. The van der Waals surface area contributed by atoms with Crippen LogP contribution in [0.3, 0.4) is 0 Å². The molecule has 3 aliphatic rings. The number of halogens is 1. The van der Waals surface area contributed by atoms with Crippen molar-refractivity contribution in [1.82, 2.24) is 9.88 Å². The molecule has 2 amide bonds. The van der Waals surface area contributed by atoms with Crippen molar-refractivity contribution in [3.63, 3.8) is 0 Å². The van der Waals surface area contributed by atoms with Crippen LogP contribution in [0.15, 0.2) is 132 Å². The Kier molecular flexibility index (Phi) is 12.0. The highest BCUT2D eigenvalue weighted by atomic mass is 35.5. The number of likely N-dealkylation sites (tertiary alicyclic amines) is 1. The van der Waals surface area contributed by atoms with Gasteiger partial charge in [-0.1, -0.05) is 105 Å². The summed E-state index contributed by atoms with van der Waals surface area (Å²) in [4.78, 5) is 35.9. The third-order valence-electron chi connectivity index (χ3n) is 12.2. The fraction of sp³-hybridized carbons (Fsp3) is 0.298. The number of benzene rings is 3. The number of nitrogens with zero attached hydrogens (tertiary/aromatic N) is 2. The van der Waals surface area contributed by atoms with E-state index in [1.54, 1.807) is 18.3 Å². The average Bonchev–Trinajstić information content (AvgIpc) is 3.83. The highest BCUT2D eigenvalue weighted by Crippen LogP contribution is 2.51. The van der Waals surface area contributed by atoms with Crippen LogP contribution in [-0.2, 0) is 25.2 Å². The second-order valence-electron chi connectivity index (χ2n) is 16.7. The first-order valence-corrected chi connectivity index (χ1v) is 23.4. The molecule has 4 atom stereocenters. The van der Waals surface area contributed by atoms with Crippen molar-refractivity contribution in [3.05, 3.63) is 153 Å². The van der Waals surface area contributed by atoms with Crippen molar-refractivity contribution >= 4 is 72.2 Å². The van der Waals surface area contributed by atoms with Crippen LogP contribution in [0.2, 0.25) is 16.4 Å². The molecule has 0 spiro atoms. The number of aromatic nitrogens is 1. The predicted octanol–water partition coefficient (Wildman–Crippen LogP) is 8.40. The lowest BCUT2D eigenvalue weighted by molar-refractivity contribution is -0.140. The maximum atomic E-state index is 14.5. The number of hydrogen-bond acceptors (Lipinski definition) is 8. The molecule has 0 radical (unpaired) electrons. The maximum absolute atomic E-state index is 14.5. The van der Waals surface area contributed by atoms with Gasteiger partial charge in [-0.15, -0.1) is 11.3 Å². The summed E-state index contributed by atoms with van der Waals surface area (Å²) in [6, 6.07) is 35.5. The monoisotopic (exact) mass is 842 g/mol. The molecular formula is C47H48BClN2O6SSi. The molecule has 2 fully saturated rings. The Morgan fingerprint density at radius 3 is 2.31 bits per heavy atom. The van der Waals surface area contributed by atoms with E-state index in [1.807, 2.05) is 53.9 Å².